The average molecular weight is 214 g/mol. The van der Waals surface area contributed by atoms with Gasteiger partial charge < -0.3 is 10.5 Å². The van der Waals surface area contributed by atoms with E-state index in [1.54, 1.807) is 7.11 Å². The second-order valence-corrected chi connectivity index (χ2v) is 4.62. The predicted molar refractivity (Wildman–Crippen MR) is 64.0 cm³/mol. The van der Waals surface area contributed by atoms with Crippen LogP contribution in [0.3, 0.4) is 0 Å². The third kappa shape index (κ3) is 5.50. The van der Waals surface area contributed by atoms with Gasteiger partial charge in [-0.3, -0.25) is 4.90 Å². The lowest BCUT2D eigenvalue weighted by Gasteiger charge is -2.25. The largest absolute Gasteiger partial charge is 0.383 e. The lowest BCUT2D eigenvalue weighted by molar-refractivity contribution is 0.138. The fourth-order valence-electron chi connectivity index (χ4n) is 1.93. The van der Waals surface area contributed by atoms with E-state index in [0.29, 0.717) is 6.04 Å². The molecule has 0 aliphatic heterocycles. The van der Waals surface area contributed by atoms with Crippen molar-refractivity contribution in [2.24, 2.45) is 5.73 Å². The summed E-state index contributed by atoms with van der Waals surface area (Å²) in [5.74, 6) is 0. The number of ether oxygens (including phenoxy) is 1. The minimum atomic E-state index is 0.349. The molecule has 1 aliphatic rings. The standard InChI is InChI=1S/C12H26N2O/c1-3-4-5-11(13)10-14(8-9-15-2)12-6-7-12/h11-12H,3-10,13H2,1-2H3. The third-order valence-electron chi connectivity index (χ3n) is 3.04. The number of hydrogen-bond donors (Lipinski definition) is 1. The lowest BCUT2D eigenvalue weighted by Crippen LogP contribution is -2.40. The topological polar surface area (TPSA) is 38.5 Å². The van der Waals surface area contributed by atoms with Gasteiger partial charge in [-0.05, 0) is 19.3 Å². The molecule has 0 saturated heterocycles. The monoisotopic (exact) mass is 214 g/mol. The molecular weight excluding hydrogens is 188 g/mol. The lowest BCUT2D eigenvalue weighted by atomic mass is 10.1. The molecule has 0 bridgehead atoms. The number of hydrogen-bond acceptors (Lipinski definition) is 3. The molecular formula is C12H26N2O. The summed E-state index contributed by atoms with van der Waals surface area (Å²) in [7, 11) is 1.77. The van der Waals surface area contributed by atoms with Crippen LogP contribution in [-0.4, -0.2) is 43.8 Å². The van der Waals surface area contributed by atoms with Gasteiger partial charge in [-0.25, -0.2) is 0 Å². The van der Waals surface area contributed by atoms with E-state index in [4.69, 9.17) is 10.5 Å². The summed E-state index contributed by atoms with van der Waals surface area (Å²) < 4.78 is 5.13. The first-order valence-corrected chi connectivity index (χ1v) is 6.26. The van der Waals surface area contributed by atoms with Crippen molar-refractivity contribution in [3.8, 4) is 0 Å². The van der Waals surface area contributed by atoms with Crippen LogP contribution < -0.4 is 5.73 Å². The predicted octanol–water partition coefficient (Wildman–Crippen LogP) is 1.61. The molecule has 3 nitrogen and oxygen atoms in total. The molecule has 1 aliphatic carbocycles. The van der Waals surface area contributed by atoms with Crippen LogP contribution >= 0.6 is 0 Å². The second-order valence-electron chi connectivity index (χ2n) is 4.62. The molecule has 2 N–H and O–H groups in total. The van der Waals surface area contributed by atoms with Gasteiger partial charge in [0.2, 0.25) is 0 Å². The smallest absolute Gasteiger partial charge is 0.0589 e. The molecule has 0 aromatic rings. The Balaban J connectivity index is 2.17. The van der Waals surface area contributed by atoms with Gasteiger partial charge in [0, 0.05) is 32.3 Å². The maximum Gasteiger partial charge on any atom is 0.0589 e. The number of nitrogens with two attached hydrogens (primary N) is 1. The van der Waals surface area contributed by atoms with Crippen molar-refractivity contribution in [2.45, 2.75) is 51.1 Å². The molecule has 0 spiro atoms. The van der Waals surface area contributed by atoms with E-state index in [-0.39, 0.29) is 0 Å². The van der Waals surface area contributed by atoms with Gasteiger partial charge in [0.25, 0.3) is 0 Å². The molecule has 0 radical (unpaired) electrons. The molecule has 3 heteroatoms. The molecule has 1 rings (SSSR count). The highest BCUT2D eigenvalue weighted by molar-refractivity contribution is 4.86. The van der Waals surface area contributed by atoms with Crippen LogP contribution in [0.5, 0.6) is 0 Å². The van der Waals surface area contributed by atoms with Crippen LogP contribution in [0, 0.1) is 0 Å². The van der Waals surface area contributed by atoms with Gasteiger partial charge in [0.15, 0.2) is 0 Å². The zero-order chi connectivity index (χ0) is 11.1. The summed E-state index contributed by atoms with van der Waals surface area (Å²) in [5, 5.41) is 0. The van der Waals surface area contributed by atoms with Crippen molar-refractivity contribution < 1.29 is 4.74 Å². The summed E-state index contributed by atoms with van der Waals surface area (Å²) >= 11 is 0. The zero-order valence-corrected chi connectivity index (χ0v) is 10.2. The van der Waals surface area contributed by atoms with Crippen LogP contribution in [0.25, 0.3) is 0 Å². The average Bonchev–Trinajstić information content (AvgIpc) is 3.04. The van der Waals surface area contributed by atoms with Crippen molar-refractivity contribution in [3.63, 3.8) is 0 Å². The van der Waals surface area contributed by atoms with Gasteiger partial charge in [0.05, 0.1) is 6.61 Å². The minimum absolute atomic E-state index is 0.349. The first-order valence-electron chi connectivity index (χ1n) is 6.26. The van der Waals surface area contributed by atoms with Crippen LogP contribution in [0.4, 0.5) is 0 Å². The molecule has 0 heterocycles. The van der Waals surface area contributed by atoms with Crippen LogP contribution in [0.15, 0.2) is 0 Å². The first kappa shape index (κ1) is 12.9. The highest BCUT2D eigenvalue weighted by Gasteiger charge is 2.29. The van der Waals surface area contributed by atoms with E-state index < -0.39 is 0 Å². The molecule has 1 atom stereocenters. The quantitative estimate of drug-likeness (QED) is 0.634. The molecule has 15 heavy (non-hydrogen) atoms. The highest BCUT2D eigenvalue weighted by atomic mass is 16.5. The van der Waals surface area contributed by atoms with Crippen molar-refractivity contribution in [1.29, 1.82) is 0 Å². The van der Waals surface area contributed by atoms with E-state index in [0.717, 1.165) is 32.2 Å². The van der Waals surface area contributed by atoms with Gasteiger partial charge in [-0.15, -0.1) is 0 Å². The van der Waals surface area contributed by atoms with Gasteiger partial charge in [-0.1, -0.05) is 19.8 Å². The van der Waals surface area contributed by atoms with Crippen molar-refractivity contribution in [2.75, 3.05) is 26.8 Å². The van der Waals surface area contributed by atoms with Gasteiger partial charge in [0.1, 0.15) is 0 Å². The van der Waals surface area contributed by atoms with Crippen molar-refractivity contribution in [1.82, 2.24) is 4.90 Å². The zero-order valence-electron chi connectivity index (χ0n) is 10.2. The van der Waals surface area contributed by atoms with E-state index in [2.05, 4.69) is 11.8 Å². The number of unbranched alkanes of at least 4 members (excludes halogenated alkanes) is 1. The van der Waals surface area contributed by atoms with E-state index in [1.807, 2.05) is 0 Å². The normalized spacial score (nSPS) is 18.4. The Morgan fingerprint density at radius 2 is 2.20 bits per heavy atom. The fraction of sp³-hybridized carbons (Fsp3) is 1.00. The van der Waals surface area contributed by atoms with E-state index in [1.165, 1.54) is 25.7 Å². The van der Waals surface area contributed by atoms with Gasteiger partial charge >= 0.3 is 0 Å². The maximum atomic E-state index is 6.12. The summed E-state index contributed by atoms with van der Waals surface area (Å²) in [4.78, 5) is 2.50. The maximum absolute atomic E-state index is 6.12. The fourth-order valence-corrected chi connectivity index (χ4v) is 1.93. The molecule has 1 fully saturated rings. The summed E-state index contributed by atoms with van der Waals surface area (Å²) in [6.45, 7) is 5.14. The number of methoxy groups -OCH3 is 1. The Morgan fingerprint density at radius 1 is 1.47 bits per heavy atom. The van der Waals surface area contributed by atoms with E-state index >= 15 is 0 Å². The Bertz CT molecular complexity index is 160. The first-order chi connectivity index (χ1) is 7.27. The Morgan fingerprint density at radius 3 is 2.73 bits per heavy atom. The molecule has 1 unspecified atom stereocenters. The van der Waals surface area contributed by atoms with Gasteiger partial charge in [-0.2, -0.15) is 0 Å². The summed E-state index contributed by atoms with van der Waals surface area (Å²) in [5.41, 5.74) is 6.12. The number of rotatable bonds is 9. The molecule has 0 amide bonds. The second kappa shape index (κ2) is 7.20. The number of nitrogens with zero attached hydrogens (tertiary/aromatic N) is 1. The summed E-state index contributed by atoms with van der Waals surface area (Å²) in [6.07, 6.45) is 6.36. The highest BCUT2D eigenvalue weighted by Crippen LogP contribution is 2.26. The Kier molecular flexibility index (Phi) is 6.22. The summed E-state index contributed by atoms with van der Waals surface area (Å²) in [6, 6.07) is 1.15. The van der Waals surface area contributed by atoms with Crippen LogP contribution in [0.1, 0.15) is 39.0 Å². The Hall–Kier alpha value is -0.120. The molecule has 0 aromatic carbocycles. The molecule has 1 saturated carbocycles. The van der Waals surface area contributed by atoms with Crippen LogP contribution in [-0.2, 0) is 4.74 Å². The third-order valence-corrected chi connectivity index (χ3v) is 3.04. The van der Waals surface area contributed by atoms with Crippen molar-refractivity contribution in [3.05, 3.63) is 0 Å². The SMILES string of the molecule is CCCCC(N)CN(CCOC)C1CC1. The molecule has 0 aromatic heterocycles. The molecule has 90 valence electrons. The van der Waals surface area contributed by atoms with Crippen molar-refractivity contribution >= 4 is 0 Å². The minimum Gasteiger partial charge on any atom is -0.383 e. The Labute approximate surface area is 94.0 Å². The van der Waals surface area contributed by atoms with E-state index in [9.17, 15) is 0 Å². The van der Waals surface area contributed by atoms with Crippen LogP contribution in [0.2, 0.25) is 0 Å².